The maximum Gasteiger partial charge on any atom is 0.123 e. The summed E-state index contributed by atoms with van der Waals surface area (Å²) in [5.74, 6) is 3.41. The number of hydrogen-bond acceptors (Lipinski definition) is 1. The van der Waals surface area contributed by atoms with Crippen molar-refractivity contribution in [1.82, 2.24) is 0 Å². The zero-order valence-electron chi connectivity index (χ0n) is 14.2. The summed E-state index contributed by atoms with van der Waals surface area (Å²) < 4.78 is 0. The van der Waals surface area contributed by atoms with Crippen LogP contribution in [0.4, 0.5) is 0 Å². The Morgan fingerprint density at radius 1 is 0.810 bits per heavy atom. The first-order valence-electron chi connectivity index (χ1n) is 9.77. The van der Waals surface area contributed by atoms with Crippen LogP contribution in [0.25, 0.3) is 0 Å². The molecule has 21 heavy (non-hydrogen) atoms. The van der Waals surface area contributed by atoms with Crippen LogP contribution in [-0.2, 0) is 4.79 Å². The summed E-state index contributed by atoms with van der Waals surface area (Å²) in [6.45, 7) is 2.37. The molecule has 2 fully saturated rings. The van der Waals surface area contributed by atoms with Crippen molar-refractivity contribution in [3.63, 3.8) is 0 Å². The van der Waals surface area contributed by atoms with E-state index in [0.717, 1.165) is 30.6 Å². The van der Waals surface area contributed by atoms with E-state index in [1.54, 1.807) is 0 Å². The van der Waals surface area contributed by atoms with E-state index in [0.29, 0.717) is 5.92 Å². The molecular weight excluding hydrogens is 256 g/mol. The lowest BCUT2D eigenvalue weighted by Gasteiger charge is -2.28. The second-order valence-corrected chi connectivity index (χ2v) is 7.86. The maximum absolute atomic E-state index is 10.8. The van der Waals surface area contributed by atoms with Crippen LogP contribution in [0.5, 0.6) is 0 Å². The van der Waals surface area contributed by atoms with Crippen molar-refractivity contribution < 1.29 is 4.79 Å². The minimum absolute atomic E-state index is 0.388. The molecule has 0 aromatic rings. The first-order chi connectivity index (χ1) is 10.3. The number of carbonyl (C=O) groups is 1. The minimum atomic E-state index is 0.388. The summed E-state index contributed by atoms with van der Waals surface area (Å²) in [6, 6.07) is 0. The number of hydrogen-bond donors (Lipinski definition) is 0. The third-order valence-electron chi connectivity index (χ3n) is 6.28. The van der Waals surface area contributed by atoms with E-state index in [1.807, 2.05) is 0 Å². The second kappa shape index (κ2) is 9.64. The lowest BCUT2D eigenvalue weighted by Crippen LogP contribution is -2.15. The zero-order valence-corrected chi connectivity index (χ0v) is 14.2. The van der Waals surface area contributed by atoms with Crippen LogP contribution in [0.1, 0.15) is 96.8 Å². The molecule has 0 heterocycles. The van der Waals surface area contributed by atoms with Gasteiger partial charge in [0.15, 0.2) is 0 Å². The van der Waals surface area contributed by atoms with Crippen LogP contribution < -0.4 is 0 Å². The van der Waals surface area contributed by atoms with E-state index in [4.69, 9.17) is 0 Å². The molecule has 2 saturated carbocycles. The van der Waals surface area contributed by atoms with Crippen LogP contribution in [0.15, 0.2) is 0 Å². The fourth-order valence-corrected chi connectivity index (χ4v) is 4.69. The second-order valence-electron chi connectivity index (χ2n) is 7.86. The Morgan fingerprint density at radius 2 is 1.48 bits per heavy atom. The molecule has 2 atom stereocenters. The van der Waals surface area contributed by atoms with Gasteiger partial charge in [-0.2, -0.15) is 0 Å². The Balaban J connectivity index is 1.47. The standard InChI is InChI=1S/C20H36O/c1-2-17-9-6-10-19(15-17)8-5-3-4-7-18-11-13-20(16-21)14-12-18/h16-20H,2-15H2,1H3. The Morgan fingerprint density at radius 3 is 2.14 bits per heavy atom. The van der Waals surface area contributed by atoms with Crippen molar-refractivity contribution in [2.75, 3.05) is 0 Å². The first-order valence-corrected chi connectivity index (χ1v) is 9.77. The average molecular weight is 293 g/mol. The lowest BCUT2D eigenvalue weighted by atomic mass is 9.77. The van der Waals surface area contributed by atoms with Gasteiger partial charge in [0.05, 0.1) is 0 Å². The molecule has 122 valence electrons. The van der Waals surface area contributed by atoms with E-state index in [-0.39, 0.29) is 0 Å². The highest BCUT2D eigenvalue weighted by atomic mass is 16.1. The van der Waals surface area contributed by atoms with Gasteiger partial charge in [-0.1, -0.05) is 64.7 Å². The Kier molecular flexibility index (Phi) is 7.82. The van der Waals surface area contributed by atoms with Crippen molar-refractivity contribution >= 4 is 6.29 Å². The molecule has 1 nitrogen and oxygen atoms in total. The van der Waals surface area contributed by atoms with Gasteiger partial charge in [0.2, 0.25) is 0 Å². The van der Waals surface area contributed by atoms with Crippen LogP contribution >= 0.6 is 0 Å². The zero-order chi connectivity index (χ0) is 14.9. The minimum Gasteiger partial charge on any atom is -0.303 e. The predicted octanol–water partition coefficient (Wildman–Crippen LogP) is 6.16. The van der Waals surface area contributed by atoms with Crippen molar-refractivity contribution in [2.45, 2.75) is 96.8 Å². The van der Waals surface area contributed by atoms with Gasteiger partial charge in [-0.3, -0.25) is 0 Å². The summed E-state index contributed by atoms with van der Waals surface area (Å²) in [6.07, 6.45) is 20.8. The van der Waals surface area contributed by atoms with Crippen molar-refractivity contribution in [2.24, 2.45) is 23.7 Å². The molecular formula is C20H36O. The summed E-state index contributed by atoms with van der Waals surface area (Å²) in [4.78, 5) is 10.8. The van der Waals surface area contributed by atoms with Crippen molar-refractivity contribution in [3.8, 4) is 0 Å². The average Bonchev–Trinajstić information content (AvgIpc) is 2.55. The fraction of sp³-hybridized carbons (Fsp3) is 0.950. The van der Waals surface area contributed by atoms with Gasteiger partial charge in [0.25, 0.3) is 0 Å². The van der Waals surface area contributed by atoms with Gasteiger partial charge < -0.3 is 4.79 Å². The topological polar surface area (TPSA) is 17.1 Å². The maximum atomic E-state index is 10.8. The van der Waals surface area contributed by atoms with Crippen LogP contribution in [0, 0.1) is 23.7 Å². The van der Waals surface area contributed by atoms with Gasteiger partial charge in [-0.05, 0) is 49.9 Å². The van der Waals surface area contributed by atoms with Gasteiger partial charge in [0, 0.05) is 5.92 Å². The Hall–Kier alpha value is -0.330. The molecule has 2 unspecified atom stereocenters. The van der Waals surface area contributed by atoms with Crippen LogP contribution in [0.2, 0.25) is 0 Å². The molecule has 0 N–H and O–H groups in total. The van der Waals surface area contributed by atoms with Crippen LogP contribution in [0.3, 0.4) is 0 Å². The summed E-state index contributed by atoms with van der Waals surface area (Å²) in [7, 11) is 0. The molecule has 0 spiro atoms. The smallest absolute Gasteiger partial charge is 0.123 e. The van der Waals surface area contributed by atoms with Gasteiger partial charge >= 0.3 is 0 Å². The summed E-state index contributed by atoms with van der Waals surface area (Å²) in [5, 5.41) is 0. The SMILES string of the molecule is CCC1CCCC(CCCCCC2CCC(C=O)CC2)C1. The lowest BCUT2D eigenvalue weighted by molar-refractivity contribution is -0.112. The number of aldehydes is 1. The van der Waals surface area contributed by atoms with Gasteiger partial charge in [-0.25, -0.2) is 0 Å². The molecule has 2 rings (SSSR count). The van der Waals surface area contributed by atoms with Crippen molar-refractivity contribution in [1.29, 1.82) is 0 Å². The summed E-state index contributed by atoms with van der Waals surface area (Å²) >= 11 is 0. The van der Waals surface area contributed by atoms with E-state index < -0.39 is 0 Å². The molecule has 0 aromatic heterocycles. The van der Waals surface area contributed by atoms with Crippen LogP contribution in [-0.4, -0.2) is 6.29 Å². The molecule has 0 radical (unpaired) electrons. The number of carbonyl (C=O) groups excluding carboxylic acids is 1. The molecule has 1 heteroatoms. The highest BCUT2D eigenvalue weighted by molar-refractivity contribution is 5.53. The molecule has 0 aromatic carbocycles. The number of unbranched alkanes of at least 4 members (excludes halogenated alkanes) is 2. The third-order valence-corrected chi connectivity index (χ3v) is 6.28. The van der Waals surface area contributed by atoms with E-state index >= 15 is 0 Å². The highest BCUT2D eigenvalue weighted by Crippen LogP contribution is 2.34. The highest BCUT2D eigenvalue weighted by Gasteiger charge is 2.21. The molecule has 0 aliphatic heterocycles. The van der Waals surface area contributed by atoms with E-state index in [2.05, 4.69) is 6.92 Å². The molecule has 0 bridgehead atoms. The molecule has 2 aliphatic rings. The van der Waals surface area contributed by atoms with E-state index in [1.165, 1.54) is 83.3 Å². The quantitative estimate of drug-likeness (QED) is 0.387. The third kappa shape index (κ3) is 6.12. The fourth-order valence-electron chi connectivity index (χ4n) is 4.69. The van der Waals surface area contributed by atoms with Gasteiger partial charge in [-0.15, -0.1) is 0 Å². The number of rotatable bonds is 8. The molecule has 2 aliphatic carbocycles. The molecule has 0 amide bonds. The Labute approximate surface area is 132 Å². The monoisotopic (exact) mass is 292 g/mol. The van der Waals surface area contributed by atoms with Gasteiger partial charge in [0.1, 0.15) is 6.29 Å². The van der Waals surface area contributed by atoms with E-state index in [9.17, 15) is 4.79 Å². The summed E-state index contributed by atoms with van der Waals surface area (Å²) in [5.41, 5.74) is 0. The first kappa shape index (κ1) is 17.0. The van der Waals surface area contributed by atoms with Crippen molar-refractivity contribution in [3.05, 3.63) is 0 Å². The normalized spacial score (nSPS) is 33.8. The largest absolute Gasteiger partial charge is 0.303 e. The Bertz CT molecular complexity index is 278. The molecule has 0 saturated heterocycles. The predicted molar refractivity (Wildman–Crippen MR) is 90.3 cm³/mol.